The molecule has 9 heteroatoms. The van der Waals surface area contributed by atoms with E-state index in [0.717, 1.165) is 10.2 Å². The lowest BCUT2D eigenvalue weighted by Gasteiger charge is -2.11. The highest BCUT2D eigenvalue weighted by Gasteiger charge is 2.12. The quantitative estimate of drug-likeness (QED) is 0.590. The molecule has 1 aromatic heterocycles. The fourth-order valence-electron chi connectivity index (χ4n) is 2.44. The molecule has 0 aliphatic carbocycles. The summed E-state index contributed by atoms with van der Waals surface area (Å²) in [6.07, 6.45) is 3.47. The summed E-state index contributed by atoms with van der Waals surface area (Å²) in [5, 5.41) is 4.17. The molecule has 2 amide bonds. The highest BCUT2D eigenvalue weighted by atomic mass is 79.9. The number of hydrogen-bond acceptors (Lipinski definition) is 5. The average Bonchev–Trinajstić information content (AvgIpc) is 3.17. The molecule has 0 unspecified atom stereocenters. The molecule has 0 atom stereocenters. The molecule has 3 rings (SSSR count). The molecule has 28 heavy (non-hydrogen) atoms. The van der Waals surface area contributed by atoms with Gasteiger partial charge in [-0.1, -0.05) is 0 Å². The van der Waals surface area contributed by atoms with E-state index < -0.39 is 11.8 Å². The summed E-state index contributed by atoms with van der Waals surface area (Å²) in [5.41, 5.74) is 6.27. The highest BCUT2D eigenvalue weighted by molar-refractivity contribution is 9.10. The summed E-state index contributed by atoms with van der Waals surface area (Å²) in [6, 6.07) is 11.5. The number of halogens is 1. The van der Waals surface area contributed by atoms with Crippen LogP contribution >= 0.6 is 15.9 Å². The van der Waals surface area contributed by atoms with E-state index in [1.807, 2.05) is 0 Å². The lowest BCUT2D eigenvalue weighted by atomic mass is 10.2. The SMILES string of the molecule is COc1ccc(C(=O)NNC(=O)c2ccc(-n3cc(Br)cn3)cc2)cc1OC. The zero-order valence-electron chi connectivity index (χ0n) is 15.1. The van der Waals surface area contributed by atoms with Crippen molar-refractivity contribution >= 4 is 27.7 Å². The first-order valence-electron chi connectivity index (χ1n) is 8.15. The largest absolute Gasteiger partial charge is 0.493 e. The number of aromatic nitrogens is 2. The van der Waals surface area contributed by atoms with E-state index in [0.29, 0.717) is 22.6 Å². The zero-order valence-corrected chi connectivity index (χ0v) is 16.7. The lowest BCUT2D eigenvalue weighted by Crippen LogP contribution is -2.41. The van der Waals surface area contributed by atoms with Crippen molar-refractivity contribution in [3.05, 3.63) is 70.5 Å². The predicted molar refractivity (Wildman–Crippen MR) is 106 cm³/mol. The highest BCUT2D eigenvalue weighted by Crippen LogP contribution is 2.27. The maximum atomic E-state index is 12.3. The summed E-state index contributed by atoms with van der Waals surface area (Å²) in [7, 11) is 2.99. The second kappa shape index (κ2) is 8.57. The Bertz CT molecular complexity index is 1000. The van der Waals surface area contributed by atoms with Crippen molar-refractivity contribution < 1.29 is 19.1 Å². The number of carbonyl (C=O) groups is 2. The molecule has 0 spiro atoms. The third-order valence-electron chi connectivity index (χ3n) is 3.88. The molecule has 0 aliphatic heterocycles. The van der Waals surface area contributed by atoms with Gasteiger partial charge in [0.1, 0.15) is 0 Å². The van der Waals surface area contributed by atoms with E-state index in [1.54, 1.807) is 53.5 Å². The van der Waals surface area contributed by atoms with Crippen molar-refractivity contribution in [1.82, 2.24) is 20.6 Å². The van der Waals surface area contributed by atoms with Crippen LogP contribution in [0.3, 0.4) is 0 Å². The van der Waals surface area contributed by atoms with Crippen LogP contribution in [0.5, 0.6) is 11.5 Å². The van der Waals surface area contributed by atoms with E-state index in [-0.39, 0.29) is 0 Å². The van der Waals surface area contributed by atoms with Crippen LogP contribution < -0.4 is 20.3 Å². The average molecular weight is 445 g/mol. The van der Waals surface area contributed by atoms with Crippen molar-refractivity contribution in [2.75, 3.05) is 14.2 Å². The van der Waals surface area contributed by atoms with E-state index in [9.17, 15) is 9.59 Å². The monoisotopic (exact) mass is 444 g/mol. The number of benzene rings is 2. The van der Waals surface area contributed by atoms with Gasteiger partial charge in [0.05, 0.1) is 30.6 Å². The first kappa shape index (κ1) is 19.4. The van der Waals surface area contributed by atoms with Crippen LogP contribution in [0.15, 0.2) is 59.3 Å². The fraction of sp³-hybridized carbons (Fsp3) is 0.105. The van der Waals surface area contributed by atoms with Crippen molar-refractivity contribution in [3.63, 3.8) is 0 Å². The molecule has 0 saturated heterocycles. The lowest BCUT2D eigenvalue weighted by molar-refractivity contribution is 0.0846. The van der Waals surface area contributed by atoms with Gasteiger partial charge in [-0.05, 0) is 58.4 Å². The van der Waals surface area contributed by atoms with Gasteiger partial charge >= 0.3 is 0 Å². The van der Waals surface area contributed by atoms with Gasteiger partial charge in [0.15, 0.2) is 11.5 Å². The van der Waals surface area contributed by atoms with Crippen LogP contribution in [0, 0.1) is 0 Å². The second-order valence-corrected chi connectivity index (χ2v) is 6.54. The number of hydrogen-bond donors (Lipinski definition) is 2. The van der Waals surface area contributed by atoms with Crippen LogP contribution in [0.4, 0.5) is 0 Å². The molecule has 0 radical (unpaired) electrons. The standard InChI is InChI=1S/C19H17BrN4O4/c1-27-16-8-5-13(9-17(16)28-2)19(26)23-22-18(25)12-3-6-15(7-4-12)24-11-14(20)10-21-24/h3-11H,1-2H3,(H,22,25)(H,23,26). The first-order chi connectivity index (χ1) is 13.5. The van der Waals surface area contributed by atoms with Crippen LogP contribution in [-0.2, 0) is 0 Å². The van der Waals surface area contributed by atoms with Crippen LogP contribution in [0.1, 0.15) is 20.7 Å². The van der Waals surface area contributed by atoms with Crippen molar-refractivity contribution in [1.29, 1.82) is 0 Å². The number of nitrogens with zero attached hydrogens (tertiary/aromatic N) is 2. The second-order valence-electron chi connectivity index (χ2n) is 5.63. The van der Waals surface area contributed by atoms with Gasteiger partial charge in [0, 0.05) is 17.3 Å². The first-order valence-corrected chi connectivity index (χ1v) is 8.94. The number of amides is 2. The van der Waals surface area contributed by atoms with Crippen molar-refractivity contribution in [2.45, 2.75) is 0 Å². The minimum absolute atomic E-state index is 0.317. The Morgan fingerprint density at radius 2 is 1.54 bits per heavy atom. The Morgan fingerprint density at radius 1 is 0.929 bits per heavy atom. The van der Waals surface area contributed by atoms with Gasteiger partial charge in [-0.3, -0.25) is 20.4 Å². The Kier molecular flexibility index (Phi) is 5.95. The Labute approximate surface area is 169 Å². The molecular weight excluding hydrogens is 428 g/mol. The molecule has 1 heterocycles. The molecule has 8 nitrogen and oxygen atoms in total. The normalized spacial score (nSPS) is 10.2. The molecule has 3 aromatic rings. The molecule has 2 aromatic carbocycles. The number of ether oxygens (including phenoxy) is 2. The number of methoxy groups -OCH3 is 2. The number of nitrogens with one attached hydrogen (secondary N) is 2. The molecule has 0 aliphatic rings. The number of carbonyl (C=O) groups excluding carboxylic acids is 2. The molecule has 2 N–H and O–H groups in total. The summed E-state index contributed by atoms with van der Waals surface area (Å²) >= 11 is 3.33. The van der Waals surface area contributed by atoms with E-state index in [2.05, 4.69) is 31.9 Å². The van der Waals surface area contributed by atoms with Gasteiger partial charge < -0.3 is 9.47 Å². The maximum Gasteiger partial charge on any atom is 0.269 e. The molecule has 0 saturated carbocycles. The number of hydrazine groups is 1. The van der Waals surface area contributed by atoms with Gasteiger partial charge in [-0.2, -0.15) is 5.10 Å². The Hall–Kier alpha value is -3.33. The van der Waals surface area contributed by atoms with Crippen LogP contribution in [0.2, 0.25) is 0 Å². The molecular formula is C19H17BrN4O4. The predicted octanol–water partition coefficient (Wildman–Crippen LogP) is 2.73. The minimum Gasteiger partial charge on any atom is -0.493 e. The maximum absolute atomic E-state index is 12.3. The molecule has 0 bridgehead atoms. The topological polar surface area (TPSA) is 94.5 Å². The summed E-state index contributed by atoms with van der Waals surface area (Å²) in [4.78, 5) is 24.5. The third kappa shape index (κ3) is 4.32. The fourth-order valence-corrected chi connectivity index (χ4v) is 2.73. The molecule has 144 valence electrons. The minimum atomic E-state index is -0.479. The zero-order chi connectivity index (χ0) is 20.1. The summed E-state index contributed by atoms with van der Waals surface area (Å²) in [5.74, 6) is 0.00375. The van der Waals surface area contributed by atoms with Gasteiger partial charge in [-0.25, -0.2) is 4.68 Å². The van der Waals surface area contributed by atoms with Crippen molar-refractivity contribution in [2.24, 2.45) is 0 Å². The van der Waals surface area contributed by atoms with Gasteiger partial charge in [0.25, 0.3) is 11.8 Å². The Balaban J connectivity index is 1.63. The summed E-state index contributed by atoms with van der Waals surface area (Å²) < 4.78 is 12.8. The van der Waals surface area contributed by atoms with E-state index in [1.165, 1.54) is 20.3 Å². The van der Waals surface area contributed by atoms with Crippen LogP contribution in [0.25, 0.3) is 5.69 Å². The van der Waals surface area contributed by atoms with E-state index in [4.69, 9.17) is 9.47 Å². The Morgan fingerprint density at radius 3 is 2.11 bits per heavy atom. The van der Waals surface area contributed by atoms with E-state index >= 15 is 0 Å². The van der Waals surface area contributed by atoms with Gasteiger partial charge in [0.2, 0.25) is 0 Å². The van der Waals surface area contributed by atoms with Crippen LogP contribution in [-0.4, -0.2) is 35.8 Å². The summed E-state index contributed by atoms with van der Waals surface area (Å²) in [6.45, 7) is 0. The molecule has 0 fully saturated rings. The van der Waals surface area contributed by atoms with Crippen molar-refractivity contribution in [3.8, 4) is 17.2 Å². The van der Waals surface area contributed by atoms with Gasteiger partial charge in [-0.15, -0.1) is 0 Å². The number of rotatable bonds is 5. The smallest absolute Gasteiger partial charge is 0.269 e. The third-order valence-corrected chi connectivity index (χ3v) is 4.29.